The van der Waals surface area contributed by atoms with E-state index in [0.717, 1.165) is 49.7 Å². The molecule has 1 unspecified atom stereocenters. The van der Waals surface area contributed by atoms with Crippen molar-refractivity contribution in [2.45, 2.75) is 50.0 Å². The molecule has 1 amide bonds. The van der Waals surface area contributed by atoms with Crippen LogP contribution in [0.5, 0.6) is 0 Å². The summed E-state index contributed by atoms with van der Waals surface area (Å²) >= 11 is 0. The highest BCUT2D eigenvalue weighted by atomic mass is 32.2. The largest absolute Gasteiger partial charge is 0.341 e. The average Bonchev–Trinajstić information content (AvgIpc) is 3.37. The van der Waals surface area contributed by atoms with Gasteiger partial charge in [0.05, 0.1) is 4.90 Å². The van der Waals surface area contributed by atoms with Gasteiger partial charge in [-0.3, -0.25) is 4.79 Å². The number of fused-ring (bicyclic) bond motifs is 1. The van der Waals surface area contributed by atoms with Gasteiger partial charge in [0, 0.05) is 43.3 Å². The molecule has 2 fully saturated rings. The first-order valence-corrected chi connectivity index (χ1v) is 11.3. The highest BCUT2D eigenvalue weighted by Crippen LogP contribution is 2.27. The number of aromatic nitrogens is 1. The molecule has 2 saturated heterocycles. The maximum Gasteiger partial charge on any atom is 0.245 e. The first kappa shape index (κ1) is 18.5. The third kappa shape index (κ3) is 3.38. The van der Waals surface area contributed by atoms with Crippen LogP contribution in [0.15, 0.2) is 35.4 Å². The van der Waals surface area contributed by atoms with Crippen LogP contribution in [0.1, 0.15) is 45.1 Å². The Kier molecular flexibility index (Phi) is 4.99. The average molecular weight is 390 g/mol. The summed E-state index contributed by atoms with van der Waals surface area (Å²) in [6.07, 6.45) is 7.08. The van der Waals surface area contributed by atoms with Crippen molar-refractivity contribution in [2.24, 2.45) is 0 Å². The van der Waals surface area contributed by atoms with E-state index >= 15 is 0 Å². The lowest BCUT2D eigenvalue weighted by Crippen LogP contribution is -2.39. The highest BCUT2D eigenvalue weighted by Gasteiger charge is 2.28. The first-order chi connectivity index (χ1) is 13.0. The third-order valence-electron chi connectivity index (χ3n) is 5.84. The SMILES string of the molecule is CC(C(=O)N1CCCCC1)n1ccc2cc(S(=O)(=O)N3CCCC3)ccc21. The van der Waals surface area contributed by atoms with E-state index in [9.17, 15) is 13.2 Å². The minimum absolute atomic E-state index is 0.140. The summed E-state index contributed by atoms with van der Waals surface area (Å²) in [4.78, 5) is 15.1. The zero-order chi connectivity index (χ0) is 19.0. The molecule has 3 heterocycles. The van der Waals surface area contributed by atoms with Gasteiger partial charge in [-0.2, -0.15) is 4.31 Å². The summed E-state index contributed by atoms with van der Waals surface area (Å²) < 4.78 is 29.1. The van der Waals surface area contributed by atoms with Crippen molar-refractivity contribution in [1.29, 1.82) is 0 Å². The second-order valence-electron chi connectivity index (χ2n) is 7.62. The fourth-order valence-corrected chi connectivity index (χ4v) is 5.77. The summed E-state index contributed by atoms with van der Waals surface area (Å²) in [5.74, 6) is 0.140. The zero-order valence-electron chi connectivity index (χ0n) is 15.8. The van der Waals surface area contributed by atoms with Crippen LogP contribution in [-0.2, 0) is 14.8 Å². The monoisotopic (exact) mass is 389 g/mol. The van der Waals surface area contributed by atoms with Crippen molar-refractivity contribution in [3.05, 3.63) is 30.5 Å². The number of hydrogen-bond acceptors (Lipinski definition) is 3. The summed E-state index contributed by atoms with van der Waals surface area (Å²) in [5.41, 5.74) is 0.897. The molecular formula is C20H27N3O3S. The summed E-state index contributed by atoms with van der Waals surface area (Å²) in [6, 6.07) is 6.85. The molecule has 146 valence electrons. The third-order valence-corrected chi connectivity index (χ3v) is 7.73. The second-order valence-corrected chi connectivity index (χ2v) is 9.55. The van der Waals surface area contributed by atoms with E-state index in [1.165, 1.54) is 6.42 Å². The van der Waals surface area contributed by atoms with Crippen molar-refractivity contribution in [3.63, 3.8) is 0 Å². The normalized spacial score (nSPS) is 20.3. The molecule has 27 heavy (non-hydrogen) atoms. The lowest BCUT2D eigenvalue weighted by molar-refractivity contribution is -0.135. The molecule has 0 bridgehead atoms. The molecule has 2 aromatic rings. The van der Waals surface area contributed by atoms with E-state index in [1.807, 2.05) is 34.7 Å². The van der Waals surface area contributed by atoms with Gasteiger partial charge in [-0.05, 0) is 63.3 Å². The molecule has 6 nitrogen and oxygen atoms in total. The smallest absolute Gasteiger partial charge is 0.245 e. The number of rotatable bonds is 4. The molecule has 2 aliphatic rings. The van der Waals surface area contributed by atoms with Crippen LogP contribution in [-0.4, -0.2) is 54.3 Å². The molecule has 1 aromatic heterocycles. The fourth-order valence-electron chi connectivity index (χ4n) is 4.22. The van der Waals surface area contributed by atoms with E-state index in [-0.39, 0.29) is 11.9 Å². The van der Waals surface area contributed by atoms with Crippen LogP contribution in [0.25, 0.3) is 10.9 Å². The van der Waals surface area contributed by atoms with Crippen molar-refractivity contribution in [1.82, 2.24) is 13.8 Å². The molecule has 0 saturated carbocycles. The number of piperidine rings is 1. The Morgan fingerprint density at radius 2 is 1.63 bits per heavy atom. The number of sulfonamides is 1. The van der Waals surface area contributed by atoms with Crippen LogP contribution >= 0.6 is 0 Å². The number of nitrogens with zero attached hydrogens (tertiary/aromatic N) is 3. The van der Waals surface area contributed by atoms with Crippen molar-refractivity contribution >= 4 is 26.8 Å². The molecule has 0 N–H and O–H groups in total. The lowest BCUT2D eigenvalue weighted by Gasteiger charge is -2.30. The minimum atomic E-state index is -3.43. The quantitative estimate of drug-likeness (QED) is 0.808. The van der Waals surface area contributed by atoms with Crippen molar-refractivity contribution in [3.8, 4) is 0 Å². The van der Waals surface area contributed by atoms with Gasteiger partial charge in [-0.15, -0.1) is 0 Å². The molecule has 1 aromatic carbocycles. The molecular weight excluding hydrogens is 362 g/mol. The Labute approximate surface area is 160 Å². The number of amides is 1. The Bertz CT molecular complexity index is 939. The highest BCUT2D eigenvalue weighted by molar-refractivity contribution is 7.89. The minimum Gasteiger partial charge on any atom is -0.341 e. The van der Waals surface area contributed by atoms with Gasteiger partial charge in [0.25, 0.3) is 0 Å². The van der Waals surface area contributed by atoms with Gasteiger partial charge in [0.2, 0.25) is 15.9 Å². The standard InChI is InChI=1S/C20H27N3O3S/c1-16(20(24)21-10-3-2-4-11-21)23-14-9-17-15-18(7-8-19(17)23)27(25,26)22-12-5-6-13-22/h7-9,14-16H,2-6,10-13H2,1H3. The van der Waals surface area contributed by atoms with E-state index in [4.69, 9.17) is 0 Å². The molecule has 7 heteroatoms. The van der Waals surface area contributed by atoms with Crippen LogP contribution in [0, 0.1) is 0 Å². The van der Waals surface area contributed by atoms with Gasteiger partial charge < -0.3 is 9.47 Å². The van der Waals surface area contributed by atoms with E-state index in [2.05, 4.69) is 0 Å². The summed E-state index contributed by atoms with van der Waals surface area (Å²) in [7, 11) is -3.43. The molecule has 4 rings (SSSR count). The van der Waals surface area contributed by atoms with Gasteiger partial charge in [0.15, 0.2) is 0 Å². The summed E-state index contributed by atoms with van der Waals surface area (Å²) in [6.45, 7) is 4.79. The first-order valence-electron chi connectivity index (χ1n) is 9.88. The molecule has 2 aliphatic heterocycles. The Hall–Kier alpha value is -1.86. The Balaban J connectivity index is 1.61. The number of hydrogen-bond donors (Lipinski definition) is 0. The van der Waals surface area contributed by atoms with E-state index in [1.54, 1.807) is 16.4 Å². The van der Waals surface area contributed by atoms with Gasteiger partial charge in [-0.25, -0.2) is 8.42 Å². The van der Waals surface area contributed by atoms with Crippen molar-refractivity contribution in [2.75, 3.05) is 26.2 Å². The number of benzene rings is 1. The van der Waals surface area contributed by atoms with Gasteiger partial charge in [-0.1, -0.05) is 0 Å². The lowest BCUT2D eigenvalue weighted by atomic mass is 10.1. The Morgan fingerprint density at radius 1 is 0.963 bits per heavy atom. The zero-order valence-corrected chi connectivity index (χ0v) is 16.6. The van der Waals surface area contributed by atoms with Crippen LogP contribution in [0.4, 0.5) is 0 Å². The molecule has 0 radical (unpaired) electrons. The van der Waals surface area contributed by atoms with Crippen LogP contribution in [0.2, 0.25) is 0 Å². The number of carbonyl (C=O) groups is 1. The van der Waals surface area contributed by atoms with Gasteiger partial charge in [0.1, 0.15) is 6.04 Å². The van der Waals surface area contributed by atoms with Gasteiger partial charge >= 0.3 is 0 Å². The molecule has 0 spiro atoms. The molecule has 1 atom stereocenters. The van der Waals surface area contributed by atoms with Crippen LogP contribution in [0.3, 0.4) is 0 Å². The topological polar surface area (TPSA) is 62.6 Å². The predicted molar refractivity (Wildman–Crippen MR) is 105 cm³/mol. The molecule has 0 aliphatic carbocycles. The van der Waals surface area contributed by atoms with E-state index < -0.39 is 10.0 Å². The van der Waals surface area contributed by atoms with E-state index in [0.29, 0.717) is 18.0 Å². The predicted octanol–water partition coefficient (Wildman–Crippen LogP) is 3.00. The summed E-state index contributed by atoms with van der Waals surface area (Å²) in [5, 5.41) is 0.855. The maximum atomic E-state index is 12.8. The number of carbonyl (C=O) groups excluding carboxylic acids is 1. The Morgan fingerprint density at radius 3 is 2.33 bits per heavy atom. The fraction of sp³-hybridized carbons (Fsp3) is 0.550. The van der Waals surface area contributed by atoms with Crippen molar-refractivity contribution < 1.29 is 13.2 Å². The maximum absolute atomic E-state index is 12.8. The number of likely N-dealkylation sites (tertiary alicyclic amines) is 1. The second kappa shape index (κ2) is 7.28. The van der Waals surface area contributed by atoms with Crippen LogP contribution < -0.4 is 0 Å².